The van der Waals surface area contributed by atoms with Gasteiger partial charge in [0.25, 0.3) is 0 Å². The van der Waals surface area contributed by atoms with Crippen LogP contribution in [0.1, 0.15) is 22.3 Å². The first-order valence-electron chi connectivity index (χ1n) is 6.79. The Labute approximate surface area is 119 Å². The maximum absolute atomic E-state index is 5.97. The van der Waals surface area contributed by atoms with Gasteiger partial charge in [-0.2, -0.15) is 0 Å². The Bertz CT molecular complexity index is 759. The van der Waals surface area contributed by atoms with E-state index in [1.165, 1.54) is 16.7 Å². The second-order valence-corrected chi connectivity index (χ2v) is 5.42. The van der Waals surface area contributed by atoms with Gasteiger partial charge in [-0.15, -0.1) is 0 Å². The average Bonchev–Trinajstić information content (AvgIpc) is 2.89. The Morgan fingerprint density at radius 2 is 1.65 bits per heavy atom. The largest absolute Gasteiger partial charge is 0.434 e. The SMILES string of the molecule is Bc1ccc(-c2nc3c(C)c(C)c(C)c(C)c3o2)nc1. The minimum absolute atomic E-state index is 0.594. The summed E-state index contributed by atoms with van der Waals surface area (Å²) in [5, 5.41) is 0. The number of aromatic nitrogens is 2. The lowest BCUT2D eigenvalue weighted by Crippen LogP contribution is -2.02. The van der Waals surface area contributed by atoms with Crippen molar-refractivity contribution in [1.82, 2.24) is 9.97 Å². The third-order valence-corrected chi connectivity index (χ3v) is 4.14. The van der Waals surface area contributed by atoms with Gasteiger partial charge < -0.3 is 4.42 Å². The maximum Gasteiger partial charge on any atom is 0.246 e. The van der Waals surface area contributed by atoms with Gasteiger partial charge in [0.05, 0.1) is 0 Å². The molecular weight excluding hydrogens is 247 g/mol. The van der Waals surface area contributed by atoms with Crippen LogP contribution in [0.15, 0.2) is 22.7 Å². The number of pyridine rings is 1. The number of hydrogen-bond acceptors (Lipinski definition) is 3. The number of hydrogen-bond donors (Lipinski definition) is 0. The van der Waals surface area contributed by atoms with Crippen molar-refractivity contribution >= 4 is 24.4 Å². The van der Waals surface area contributed by atoms with Gasteiger partial charge in [0.2, 0.25) is 5.89 Å². The minimum Gasteiger partial charge on any atom is -0.434 e. The van der Waals surface area contributed by atoms with Crippen LogP contribution in [0, 0.1) is 27.7 Å². The van der Waals surface area contributed by atoms with Gasteiger partial charge in [0, 0.05) is 6.20 Å². The minimum atomic E-state index is 0.594. The molecule has 3 nitrogen and oxygen atoms in total. The van der Waals surface area contributed by atoms with Crippen LogP contribution in [-0.2, 0) is 0 Å². The molecule has 0 saturated carbocycles. The summed E-state index contributed by atoms with van der Waals surface area (Å²) in [6.45, 7) is 8.44. The van der Waals surface area contributed by atoms with Gasteiger partial charge in [-0.05, 0) is 56.0 Å². The molecule has 0 aliphatic heterocycles. The molecule has 1 aromatic carbocycles. The van der Waals surface area contributed by atoms with Gasteiger partial charge in [-0.1, -0.05) is 11.5 Å². The molecule has 0 radical (unpaired) electrons. The van der Waals surface area contributed by atoms with E-state index in [2.05, 4.69) is 37.7 Å². The third-order valence-electron chi connectivity index (χ3n) is 4.14. The lowest BCUT2D eigenvalue weighted by molar-refractivity contribution is 0.614. The number of fused-ring (bicyclic) bond motifs is 1. The molecule has 0 spiro atoms. The normalized spacial score (nSPS) is 11.2. The number of oxazole rings is 1. The monoisotopic (exact) mass is 264 g/mol. The predicted octanol–water partition coefficient (Wildman–Crippen LogP) is 2.38. The highest BCUT2D eigenvalue weighted by Crippen LogP contribution is 2.31. The summed E-state index contributed by atoms with van der Waals surface area (Å²) in [5.41, 5.74) is 8.64. The maximum atomic E-state index is 5.97. The van der Waals surface area contributed by atoms with E-state index in [-0.39, 0.29) is 0 Å². The summed E-state index contributed by atoms with van der Waals surface area (Å²) in [6.07, 6.45) is 1.83. The highest BCUT2D eigenvalue weighted by molar-refractivity contribution is 6.32. The Balaban J connectivity index is 2.28. The molecule has 2 heterocycles. The van der Waals surface area contributed by atoms with E-state index in [4.69, 9.17) is 4.42 Å². The zero-order valence-electron chi connectivity index (χ0n) is 12.5. The summed E-state index contributed by atoms with van der Waals surface area (Å²) in [6, 6.07) is 3.97. The molecule has 2 aromatic heterocycles. The molecule has 20 heavy (non-hydrogen) atoms. The molecule has 0 aliphatic carbocycles. The molecule has 0 fully saturated rings. The molecular formula is C16H17BN2O. The van der Waals surface area contributed by atoms with E-state index in [1.54, 1.807) is 0 Å². The van der Waals surface area contributed by atoms with Crippen molar-refractivity contribution in [2.45, 2.75) is 27.7 Å². The second kappa shape index (κ2) is 4.48. The van der Waals surface area contributed by atoms with Crippen LogP contribution < -0.4 is 5.46 Å². The lowest BCUT2D eigenvalue weighted by atomic mass is 9.98. The first kappa shape index (κ1) is 12.9. The van der Waals surface area contributed by atoms with Crippen molar-refractivity contribution in [1.29, 1.82) is 0 Å². The predicted molar refractivity (Wildman–Crippen MR) is 84.4 cm³/mol. The van der Waals surface area contributed by atoms with Crippen molar-refractivity contribution in [3.05, 3.63) is 40.6 Å². The molecule has 0 amide bonds. The topological polar surface area (TPSA) is 38.9 Å². The van der Waals surface area contributed by atoms with Crippen LogP contribution in [0.5, 0.6) is 0 Å². The number of nitrogens with zero attached hydrogens (tertiary/aromatic N) is 2. The van der Waals surface area contributed by atoms with Crippen molar-refractivity contribution in [3.8, 4) is 11.6 Å². The first-order valence-corrected chi connectivity index (χ1v) is 6.79. The van der Waals surface area contributed by atoms with Crippen LogP contribution in [0.25, 0.3) is 22.7 Å². The van der Waals surface area contributed by atoms with Crippen molar-refractivity contribution in [3.63, 3.8) is 0 Å². The fourth-order valence-electron chi connectivity index (χ4n) is 2.44. The van der Waals surface area contributed by atoms with Crippen molar-refractivity contribution in [2.75, 3.05) is 0 Å². The molecule has 3 aromatic rings. The molecule has 0 N–H and O–H groups in total. The van der Waals surface area contributed by atoms with E-state index in [1.807, 2.05) is 26.2 Å². The number of aryl methyl sites for hydroxylation is 2. The second-order valence-electron chi connectivity index (χ2n) is 5.42. The molecule has 0 bridgehead atoms. The number of benzene rings is 1. The van der Waals surface area contributed by atoms with Gasteiger partial charge in [-0.25, -0.2) is 4.98 Å². The quantitative estimate of drug-likeness (QED) is 0.633. The lowest BCUT2D eigenvalue weighted by Gasteiger charge is -2.07. The zero-order chi connectivity index (χ0) is 14.4. The van der Waals surface area contributed by atoms with Crippen LogP contribution in [-0.4, -0.2) is 17.8 Å². The van der Waals surface area contributed by atoms with E-state index >= 15 is 0 Å². The molecule has 0 unspecified atom stereocenters. The van der Waals surface area contributed by atoms with Crippen molar-refractivity contribution < 1.29 is 4.42 Å². The Morgan fingerprint density at radius 1 is 0.950 bits per heavy atom. The van der Waals surface area contributed by atoms with E-state index in [0.717, 1.165) is 27.8 Å². The smallest absolute Gasteiger partial charge is 0.246 e. The van der Waals surface area contributed by atoms with E-state index in [0.29, 0.717) is 5.89 Å². The molecule has 100 valence electrons. The summed E-state index contributed by atoms with van der Waals surface area (Å²) in [5.74, 6) is 0.594. The highest BCUT2D eigenvalue weighted by Gasteiger charge is 2.16. The zero-order valence-corrected chi connectivity index (χ0v) is 12.5. The van der Waals surface area contributed by atoms with Crippen LogP contribution in [0.4, 0.5) is 0 Å². The highest BCUT2D eigenvalue weighted by atomic mass is 16.3. The van der Waals surface area contributed by atoms with Gasteiger partial charge in [0.15, 0.2) is 5.58 Å². The fourth-order valence-corrected chi connectivity index (χ4v) is 2.44. The standard InChI is InChI=1S/C16H17BN2O/c1-8-9(2)11(4)15-14(10(8)3)19-16(20-15)13-6-5-12(17)7-18-13/h5-7H,17H2,1-4H3. The summed E-state index contributed by atoms with van der Waals surface area (Å²) in [4.78, 5) is 9.04. The van der Waals surface area contributed by atoms with Gasteiger partial charge in [0.1, 0.15) is 19.1 Å². The molecule has 3 rings (SSSR count). The molecule has 0 atom stereocenters. The third kappa shape index (κ3) is 1.83. The molecule has 0 aliphatic rings. The van der Waals surface area contributed by atoms with Gasteiger partial charge in [-0.3, -0.25) is 4.98 Å². The summed E-state index contributed by atoms with van der Waals surface area (Å²) in [7, 11) is 2.02. The van der Waals surface area contributed by atoms with Crippen LogP contribution >= 0.6 is 0 Å². The van der Waals surface area contributed by atoms with E-state index < -0.39 is 0 Å². The first-order chi connectivity index (χ1) is 9.49. The molecule has 4 heteroatoms. The summed E-state index contributed by atoms with van der Waals surface area (Å²) < 4.78 is 5.97. The fraction of sp³-hybridized carbons (Fsp3) is 0.250. The van der Waals surface area contributed by atoms with E-state index in [9.17, 15) is 0 Å². The Kier molecular flexibility index (Phi) is 2.89. The Morgan fingerprint density at radius 3 is 2.30 bits per heavy atom. The summed E-state index contributed by atoms with van der Waals surface area (Å²) >= 11 is 0. The van der Waals surface area contributed by atoms with Crippen LogP contribution in [0.3, 0.4) is 0 Å². The van der Waals surface area contributed by atoms with Crippen LogP contribution in [0.2, 0.25) is 0 Å². The van der Waals surface area contributed by atoms with Gasteiger partial charge >= 0.3 is 0 Å². The molecule has 0 saturated heterocycles. The number of rotatable bonds is 1. The average molecular weight is 264 g/mol. The Hall–Kier alpha value is -2.10. The van der Waals surface area contributed by atoms with Crippen molar-refractivity contribution in [2.24, 2.45) is 0 Å².